The third-order valence-corrected chi connectivity index (χ3v) is 4.35. The van der Waals surface area contributed by atoms with E-state index in [2.05, 4.69) is 15.3 Å². The summed E-state index contributed by atoms with van der Waals surface area (Å²) in [5.74, 6) is -2.06. The third kappa shape index (κ3) is 4.68. The van der Waals surface area contributed by atoms with Gasteiger partial charge in [0.1, 0.15) is 5.69 Å². The molecule has 1 aromatic carbocycles. The number of nitrogens with one attached hydrogen (secondary N) is 1. The van der Waals surface area contributed by atoms with E-state index in [0.29, 0.717) is 25.3 Å². The summed E-state index contributed by atoms with van der Waals surface area (Å²) in [6.45, 7) is 4.84. The number of para-hydroxylation sites is 1. The molecule has 146 valence electrons. The van der Waals surface area contributed by atoms with E-state index in [-0.39, 0.29) is 17.9 Å². The second-order valence-corrected chi connectivity index (χ2v) is 6.45. The minimum absolute atomic E-state index is 0.0521. The molecule has 2 heterocycles. The second-order valence-electron chi connectivity index (χ2n) is 6.45. The minimum Gasteiger partial charge on any atom is -0.390 e. The smallest absolute Gasteiger partial charge is 0.272 e. The van der Waals surface area contributed by atoms with Gasteiger partial charge in [-0.3, -0.25) is 9.69 Å². The molecule has 1 atom stereocenters. The van der Waals surface area contributed by atoms with E-state index in [9.17, 15) is 18.7 Å². The largest absolute Gasteiger partial charge is 0.390 e. The van der Waals surface area contributed by atoms with Crippen molar-refractivity contribution in [1.82, 2.24) is 20.0 Å². The second kappa shape index (κ2) is 8.55. The van der Waals surface area contributed by atoms with Gasteiger partial charge in [-0.25, -0.2) is 13.5 Å². The van der Waals surface area contributed by atoms with E-state index >= 15 is 0 Å². The maximum atomic E-state index is 13.9. The number of benzene rings is 1. The monoisotopic (exact) mass is 380 g/mol. The average Bonchev–Trinajstić information content (AvgIpc) is 3.02. The number of halogens is 2. The molecule has 1 amide bonds. The zero-order chi connectivity index (χ0) is 19.4. The van der Waals surface area contributed by atoms with Crippen molar-refractivity contribution >= 4 is 5.91 Å². The number of nitrogens with zero attached hydrogens (tertiary/aromatic N) is 3. The van der Waals surface area contributed by atoms with Gasteiger partial charge < -0.3 is 15.2 Å². The van der Waals surface area contributed by atoms with Crippen LogP contribution in [0.5, 0.6) is 0 Å². The fourth-order valence-corrected chi connectivity index (χ4v) is 2.95. The maximum Gasteiger partial charge on any atom is 0.272 e. The number of hydrogen-bond acceptors (Lipinski definition) is 5. The molecular weight excluding hydrogens is 358 g/mol. The highest BCUT2D eigenvalue weighted by Gasteiger charge is 2.20. The number of aryl methyl sites for hydroxylation is 1. The Morgan fingerprint density at radius 1 is 1.33 bits per heavy atom. The fraction of sp³-hybridized carbons (Fsp3) is 0.444. The molecule has 3 rings (SSSR count). The number of ether oxygens (including phenoxy) is 1. The Morgan fingerprint density at radius 2 is 2.00 bits per heavy atom. The van der Waals surface area contributed by atoms with Crippen molar-refractivity contribution < 1.29 is 23.4 Å². The summed E-state index contributed by atoms with van der Waals surface area (Å²) in [7, 11) is 0. The quantitative estimate of drug-likeness (QED) is 0.778. The highest BCUT2D eigenvalue weighted by atomic mass is 19.1. The molecule has 7 nitrogen and oxygen atoms in total. The zero-order valence-corrected chi connectivity index (χ0v) is 15.0. The molecule has 9 heteroatoms. The molecule has 2 N–H and O–H groups in total. The summed E-state index contributed by atoms with van der Waals surface area (Å²) in [6.07, 6.45) is 0.652. The highest BCUT2D eigenvalue weighted by Crippen LogP contribution is 2.18. The number of rotatable bonds is 6. The number of aliphatic hydroxyl groups excluding tert-OH is 1. The van der Waals surface area contributed by atoms with Gasteiger partial charge in [-0.2, -0.15) is 5.10 Å². The lowest BCUT2D eigenvalue weighted by molar-refractivity contribution is 0.0149. The predicted octanol–water partition coefficient (Wildman–Crippen LogP) is 0.882. The molecule has 1 saturated heterocycles. The van der Waals surface area contributed by atoms with Crippen molar-refractivity contribution in [3.05, 3.63) is 47.3 Å². The first-order valence-corrected chi connectivity index (χ1v) is 8.72. The van der Waals surface area contributed by atoms with Crippen LogP contribution in [0.3, 0.4) is 0 Å². The van der Waals surface area contributed by atoms with E-state index in [1.54, 1.807) is 6.92 Å². The fourth-order valence-electron chi connectivity index (χ4n) is 2.95. The first-order chi connectivity index (χ1) is 13.0. The molecule has 0 spiro atoms. The number of aliphatic hydroxyl groups is 1. The molecule has 1 fully saturated rings. The Hall–Kier alpha value is -2.36. The molecule has 1 aliphatic heterocycles. The van der Waals surface area contributed by atoms with Crippen LogP contribution in [0.25, 0.3) is 5.69 Å². The van der Waals surface area contributed by atoms with E-state index in [0.717, 1.165) is 29.9 Å². The molecule has 0 bridgehead atoms. The Kier molecular flexibility index (Phi) is 6.15. The third-order valence-electron chi connectivity index (χ3n) is 4.35. The van der Waals surface area contributed by atoms with Gasteiger partial charge in [0, 0.05) is 37.9 Å². The minimum atomic E-state index is -0.773. The Bertz CT molecular complexity index is 786. The van der Waals surface area contributed by atoms with Crippen LogP contribution in [0.15, 0.2) is 24.4 Å². The van der Waals surface area contributed by atoms with Crippen LogP contribution in [-0.4, -0.2) is 71.2 Å². The summed E-state index contributed by atoms with van der Waals surface area (Å²) < 4.78 is 34.1. The SMILES string of the molecule is Cc1cn(-c2c(F)cccc2F)nc1C(=O)NCC(O)CN1CCOCC1. The molecule has 2 aromatic rings. The van der Waals surface area contributed by atoms with Crippen molar-refractivity contribution in [1.29, 1.82) is 0 Å². The van der Waals surface area contributed by atoms with Gasteiger partial charge in [-0.05, 0) is 19.1 Å². The van der Waals surface area contributed by atoms with Crippen LogP contribution in [-0.2, 0) is 4.74 Å². The van der Waals surface area contributed by atoms with Crippen LogP contribution >= 0.6 is 0 Å². The Balaban J connectivity index is 1.62. The lowest BCUT2D eigenvalue weighted by Gasteiger charge is -2.28. The first-order valence-electron chi connectivity index (χ1n) is 8.72. The topological polar surface area (TPSA) is 79.6 Å². The lowest BCUT2D eigenvalue weighted by atomic mass is 10.2. The molecule has 1 aliphatic rings. The van der Waals surface area contributed by atoms with E-state index in [1.165, 1.54) is 12.3 Å². The number of carbonyl (C=O) groups excluding carboxylic acids is 1. The summed E-state index contributed by atoms with van der Waals surface area (Å²) in [5, 5.41) is 16.7. The van der Waals surface area contributed by atoms with Crippen LogP contribution in [0, 0.1) is 18.6 Å². The molecule has 0 aliphatic carbocycles. The van der Waals surface area contributed by atoms with Gasteiger partial charge >= 0.3 is 0 Å². The van der Waals surface area contributed by atoms with Crippen molar-refractivity contribution in [2.24, 2.45) is 0 Å². The van der Waals surface area contributed by atoms with Crippen LogP contribution < -0.4 is 5.32 Å². The van der Waals surface area contributed by atoms with Crippen LogP contribution in [0.2, 0.25) is 0 Å². The van der Waals surface area contributed by atoms with Gasteiger partial charge in [0.05, 0.1) is 19.3 Å². The standard InChI is InChI=1S/C18H22F2N4O3/c1-12-10-24(17-14(19)3-2-4-15(17)20)22-16(12)18(26)21-9-13(25)11-23-5-7-27-8-6-23/h2-4,10,13,25H,5-9,11H2,1H3,(H,21,26). The van der Waals surface area contributed by atoms with Gasteiger partial charge in [0.25, 0.3) is 5.91 Å². The lowest BCUT2D eigenvalue weighted by Crippen LogP contribution is -2.44. The molecule has 0 radical (unpaired) electrons. The average molecular weight is 380 g/mol. The normalized spacial score (nSPS) is 16.3. The van der Waals surface area contributed by atoms with Crippen LogP contribution in [0.4, 0.5) is 8.78 Å². The summed E-state index contributed by atoms with van der Waals surface area (Å²) in [4.78, 5) is 14.4. The first kappa shape index (κ1) is 19.4. The molecule has 0 saturated carbocycles. The Labute approximate surface area is 155 Å². The Morgan fingerprint density at radius 3 is 2.67 bits per heavy atom. The zero-order valence-electron chi connectivity index (χ0n) is 15.0. The number of carbonyl (C=O) groups is 1. The van der Waals surface area contributed by atoms with Gasteiger partial charge in [0.2, 0.25) is 0 Å². The number of hydrogen-bond donors (Lipinski definition) is 2. The molecule has 27 heavy (non-hydrogen) atoms. The summed E-state index contributed by atoms with van der Waals surface area (Å²) in [5.41, 5.74) is 0.182. The van der Waals surface area contributed by atoms with Crippen molar-refractivity contribution in [2.45, 2.75) is 13.0 Å². The van der Waals surface area contributed by atoms with E-state index in [1.807, 2.05) is 0 Å². The summed E-state index contributed by atoms with van der Waals surface area (Å²) in [6, 6.07) is 3.50. The van der Waals surface area contributed by atoms with Gasteiger partial charge in [-0.15, -0.1) is 0 Å². The van der Waals surface area contributed by atoms with Gasteiger partial charge in [-0.1, -0.05) is 6.07 Å². The van der Waals surface area contributed by atoms with Gasteiger partial charge in [0.15, 0.2) is 17.3 Å². The highest BCUT2D eigenvalue weighted by molar-refractivity contribution is 5.93. The van der Waals surface area contributed by atoms with E-state index in [4.69, 9.17) is 4.74 Å². The predicted molar refractivity (Wildman–Crippen MR) is 93.8 cm³/mol. The molecular formula is C18H22F2N4O3. The van der Waals surface area contributed by atoms with Crippen molar-refractivity contribution in [2.75, 3.05) is 39.4 Å². The number of aromatic nitrogens is 2. The van der Waals surface area contributed by atoms with E-state index < -0.39 is 23.6 Å². The molecule has 1 unspecified atom stereocenters. The summed E-state index contributed by atoms with van der Waals surface area (Å²) >= 11 is 0. The van der Waals surface area contributed by atoms with Crippen molar-refractivity contribution in [3.63, 3.8) is 0 Å². The molecule has 1 aromatic heterocycles. The van der Waals surface area contributed by atoms with Crippen LogP contribution in [0.1, 0.15) is 16.1 Å². The van der Waals surface area contributed by atoms with Crippen molar-refractivity contribution in [3.8, 4) is 5.69 Å². The maximum absolute atomic E-state index is 13.9. The number of amides is 1. The number of morpholine rings is 1. The number of β-amino-alcohol motifs (C(OH)–C–C–N with tert-alkyl or cyclic N) is 1.